The lowest BCUT2D eigenvalue weighted by Crippen LogP contribution is -2.54. The summed E-state index contributed by atoms with van der Waals surface area (Å²) in [5.41, 5.74) is 11.2. The Hall–Kier alpha value is -1.88. The predicted octanol–water partition coefficient (Wildman–Crippen LogP) is 0.529. The van der Waals surface area contributed by atoms with Gasteiger partial charge in [-0.1, -0.05) is 19.1 Å². The van der Waals surface area contributed by atoms with Crippen LogP contribution in [0, 0.1) is 0 Å². The summed E-state index contributed by atoms with van der Waals surface area (Å²) in [4.78, 5) is 23.3. The van der Waals surface area contributed by atoms with Gasteiger partial charge in [0, 0.05) is 12.1 Å². The molecule has 0 saturated carbocycles. The van der Waals surface area contributed by atoms with Crippen LogP contribution in [0.3, 0.4) is 0 Å². The molecule has 5 heteroatoms. The zero-order chi connectivity index (χ0) is 13.8. The minimum atomic E-state index is -1.02. The first-order valence-corrected chi connectivity index (χ1v) is 5.84. The van der Waals surface area contributed by atoms with Crippen molar-refractivity contribution in [3.05, 3.63) is 35.4 Å². The predicted molar refractivity (Wildman–Crippen MR) is 69.7 cm³/mol. The molecule has 1 atom stereocenters. The van der Waals surface area contributed by atoms with Crippen molar-refractivity contribution in [2.45, 2.75) is 32.4 Å². The molecule has 0 aliphatic rings. The highest BCUT2D eigenvalue weighted by atomic mass is 16.2. The van der Waals surface area contributed by atoms with Gasteiger partial charge >= 0.3 is 0 Å². The molecule has 0 saturated heterocycles. The highest BCUT2D eigenvalue weighted by Gasteiger charge is 2.30. The van der Waals surface area contributed by atoms with Gasteiger partial charge in [-0.15, -0.1) is 0 Å². The minimum Gasteiger partial charge on any atom is -0.368 e. The van der Waals surface area contributed by atoms with Crippen LogP contribution in [0.2, 0.25) is 0 Å². The monoisotopic (exact) mass is 249 g/mol. The fourth-order valence-electron chi connectivity index (χ4n) is 1.44. The molecule has 0 bridgehead atoms. The van der Waals surface area contributed by atoms with Crippen molar-refractivity contribution in [2.75, 3.05) is 0 Å². The average Bonchev–Trinajstić information content (AvgIpc) is 2.38. The molecule has 98 valence electrons. The number of benzene rings is 1. The third-order valence-corrected chi connectivity index (χ3v) is 3.09. The second kappa shape index (κ2) is 5.64. The van der Waals surface area contributed by atoms with E-state index in [-0.39, 0.29) is 5.91 Å². The van der Waals surface area contributed by atoms with Crippen LogP contribution in [0.4, 0.5) is 0 Å². The molecule has 0 aromatic heterocycles. The number of carbonyl (C=O) groups excluding carboxylic acids is 2. The van der Waals surface area contributed by atoms with E-state index in [1.165, 1.54) is 0 Å². The Bertz CT molecular complexity index is 442. The van der Waals surface area contributed by atoms with Crippen LogP contribution in [0.1, 0.15) is 36.2 Å². The molecule has 5 nitrogen and oxygen atoms in total. The molecule has 18 heavy (non-hydrogen) atoms. The van der Waals surface area contributed by atoms with Crippen LogP contribution in [0.15, 0.2) is 24.3 Å². The molecular formula is C13H19N3O2. The van der Waals surface area contributed by atoms with Crippen molar-refractivity contribution < 1.29 is 9.59 Å². The first-order valence-electron chi connectivity index (χ1n) is 5.84. The lowest BCUT2D eigenvalue weighted by molar-refractivity contribution is -0.123. The van der Waals surface area contributed by atoms with E-state index in [9.17, 15) is 9.59 Å². The van der Waals surface area contributed by atoms with Crippen molar-refractivity contribution in [3.8, 4) is 0 Å². The molecule has 0 fully saturated rings. The number of amides is 2. The number of nitrogens with two attached hydrogens (primary N) is 2. The zero-order valence-electron chi connectivity index (χ0n) is 10.7. The largest absolute Gasteiger partial charge is 0.368 e. The van der Waals surface area contributed by atoms with Crippen LogP contribution in [-0.4, -0.2) is 17.4 Å². The maximum absolute atomic E-state index is 12.0. The van der Waals surface area contributed by atoms with E-state index in [4.69, 9.17) is 11.5 Å². The van der Waals surface area contributed by atoms with E-state index in [2.05, 4.69) is 5.32 Å². The van der Waals surface area contributed by atoms with Crippen molar-refractivity contribution in [2.24, 2.45) is 11.5 Å². The van der Waals surface area contributed by atoms with Crippen LogP contribution >= 0.6 is 0 Å². The quantitative estimate of drug-likeness (QED) is 0.709. The van der Waals surface area contributed by atoms with Gasteiger partial charge in [-0.05, 0) is 31.0 Å². The van der Waals surface area contributed by atoms with Crippen LogP contribution in [0.5, 0.6) is 0 Å². The van der Waals surface area contributed by atoms with E-state index in [0.717, 1.165) is 5.56 Å². The van der Waals surface area contributed by atoms with E-state index >= 15 is 0 Å². The van der Waals surface area contributed by atoms with Crippen LogP contribution in [-0.2, 0) is 11.3 Å². The number of carbonyl (C=O) groups is 2. The van der Waals surface area contributed by atoms with E-state index in [1.807, 2.05) is 0 Å². The summed E-state index contributed by atoms with van der Waals surface area (Å²) in [7, 11) is 0. The van der Waals surface area contributed by atoms with Crippen molar-refractivity contribution in [1.82, 2.24) is 5.32 Å². The van der Waals surface area contributed by atoms with Gasteiger partial charge < -0.3 is 16.8 Å². The summed E-state index contributed by atoms with van der Waals surface area (Å²) >= 11 is 0. The Morgan fingerprint density at radius 1 is 1.28 bits per heavy atom. The molecule has 5 N–H and O–H groups in total. The summed E-state index contributed by atoms with van der Waals surface area (Å²) in [5, 5.41) is 2.65. The third-order valence-electron chi connectivity index (χ3n) is 3.09. The Morgan fingerprint density at radius 2 is 1.83 bits per heavy atom. The maximum Gasteiger partial charge on any atom is 0.252 e. The number of hydrogen-bond acceptors (Lipinski definition) is 3. The van der Waals surface area contributed by atoms with Crippen molar-refractivity contribution >= 4 is 11.8 Å². The highest BCUT2D eigenvalue weighted by molar-refractivity contribution is 5.98. The second-order valence-electron chi connectivity index (χ2n) is 4.41. The van der Waals surface area contributed by atoms with Gasteiger partial charge in [-0.2, -0.15) is 0 Å². The van der Waals surface area contributed by atoms with Gasteiger partial charge in [0.15, 0.2) is 0 Å². The molecule has 0 spiro atoms. The SMILES string of the molecule is CCC(C)(NC(=O)c1ccc(CN)cc1)C(N)=O. The molecular weight excluding hydrogens is 230 g/mol. The summed E-state index contributed by atoms with van der Waals surface area (Å²) in [6.07, 6.45) is 0.439. The average molecular weight is 249 g/mol. The van der Waals surface area contributed by atoms with Gasteiger partial charge in [0.05, 0.1) is 0 Å². The Morgan fingerprint density at radius 3 is 2.22 bits per heavy atom. The molecule has 0 aliphatic heterocycles. The van der Waals surface area contributed by atoms with E-state index in [1.54, 1.807) is 38.1 Å². The van der Waals surface area contributed by atoms with Crippen molar-refractivity contribution in [3.63, 3.8) is 0 Å². The van der Waals surface area contributed by atoms with E-state index < -0.39 is 11.4 Å². The summed E-state index contributed by atoms with van der Waals surface area (Å²) in [6.45, 7) is 3.83. The number of rotatable bonds is 5. The summed E-state index contributed by atoms with van der Waals surface area (Å²) < 4.78 is 0. The van der Waals surface area contributed by atoms with Gasteiger partial charge in [0.1, 0.15) is 5.54 Å². The standard InChI is InChI=1S/C13H19N3O2/c1-3-13(2,12(15)18)16-11(17)10-6-4-9(8-14)5-7-10/h4-7H,3,8,14H2,1-2H3,(H2,15,18)(H,16,17). The molecule has 1 unspecified atom stereocenters. The van der Waals surface area contributed by atoms with Gasteiger partial charge in [-0.25, -0.2) is 0 Å². The molecule has 2 amide bonds. The molecule has 0 aliphatic carbocycles. The first kappa shape index (κ1) is 14.2. The molecule has 1 aromatic carbocycles. The summed E-state index contributed by atoms with van der Waals surface area (Å²) in [5.74, 6) is -0.862. The normalized spacial score (nSPS) is 13.7. The third kappa shape index (κ3) is 3.07. The first-order chi connectivity index (χ1) is 8.42. The van der Waals surface area contributed by atoms with E-state index in [0.29, 0.717) is 18.5 Å². The second-order valence-corrected chi connectivity index (χ2v) is 4.41. The Balaban J connectivity index is 2.84. The minimum absolute atomic E-state index is 0.318. The Labute approximate surface area is 107 Å². The van der Waals surface area contributed by atoms with Crippen molar-refractivity contribution in [1.29, 1.82) is 0 Å². The lowest BCUT2D eigenvalue weighted by Gasteiger charge is -2.25. The fourth-order valence-corrected chi connectivity index (χ4v) is 1.44. The molecule has 0 heterocycles. The highest BCUT2D eigenvalue weighted by Crippen LogP contribution is 2.11. The zero-order valence-corrected chi connectivity index (χ0v) is 10.7. The van der Waals surface area contributed by atoms with Gasteiger partial charge in [-0.3, -0.25) is 9.59 Å². The van der Waals surface area contributed by atoms with Crippen LogP contribution in [0.25, 0.3) is 0 Å². The Kier molecular flexibility index (Phi) is 4.44. The maximum atomic E-state index is 12.0. The topological polar surface area (TPSA) is 98.2 Å². The fraction of sp³-hybridized carbons (Fsp3) is 0.385. The number of nitrogens with one attached hydrogen (secondary N) is 1. The summed E-state index contributed by atoms with van der Waals surface area (Å²) in [6, 6.07) is 6.91. The molecule has 0 radical (unpaired) electrons. The molecule has 1 aromatic rings. The number of primary amides is 1. The number of hydrogen-bond donors (Lipinski definition) is 3. The molecule has 1 rings (SSSR count). The van der Waals surface area contributed by atoms with Gasteiger partial charge in [0.2, 0.25) is 5.91 Å². The van der Waals surface area contributed by atoms with Crippen LogP contribution < -0.4 is 16.8 Å². The lowest BCUT2D eigenvalue weighted by atomic mass is 9.97. The smallest absolute Gasteiger partial charge is 0.252 e. The van der Waals surface area contributed by atoms with Gasteiger partial charge in [0.25, 0.3) is 5.91 Å².